The van der Waals surface area contributed by atoms with Crippen LogP contribution in [0.4, 0.5) is 23.4 Å². The smallest absolute Gasteiger partial charge is 0.417 e. The van der Waals surface area contributed by atoms with Gasteiger partial charge in [0.15, 0.2) is 5.82 Å². The maximum Gasteiger partial charge on any atom is 0.417 e. The minimum atomic E-state index is -4.68. The number of nitrogens with zero attached hydrogens (tertiary/aromatic N) is 4. The molecule has 3 atom stereocenters. The van der Waals surface area contributed by atoms with Crippen LogP contribution in [-0.4, -0.2) is 66.3 Å². The van der Waals surface area contributed by atoms with Gasteiger partial charge in [0, 0.05) is 42.2 Å². The highest BCUT2D eigenvalue weighted by molar-refractivity contribution is 6.34. The largest absolute Gasteiger partial charge is 0.462 e. The summed E-state index contributed by atoms with van der Waals surface area (Å²) >= 11 is 6.52. The highest BCUT2D eigenvalue weighted by Crippen LogP contribution is 2.44. The molecule has 0 saturated carbocycles. The van der Waals surface area contributed by atoms with Crippen molar-refractivity contribution < 1.29 is 22.3 Å². The highest BCUT2D eigenvalue weighted by Gasteiger charge is 2.37. The van der Waals surface area contributed by atoms with Crippen molar-refractivity contribution in [3.05, 3.63) is 46.7 Å². The number of rotatable bonds is 5. The molecular formula is C27H28ClF4N5O. The van der Waals surface area contributed by atoms with E-state index in [0.29, 0.717) is 30.9 Å². The van der Waals surface area contributed by atoms with E-state index in [1.807, 2.05) is 7.05 Å². The Morgan fingerprint density at radius 2 is 1.84 bits per heavy atom. The van der Waals surface area contributed by atoms with Crippen molar-refractivity contribution in [1.29, 1.82) is 0 Å². The normalized spacial score (nSPS) is 23.9. The van der Waals surface area contributed by atoms with Gasteiger partial charge in [-0.1, -0.05) is 29.8 Å². The molecule has 1 N–H and O–H groups in total. The van der Waals surface area contributed by atoms with Gasteiger partial charge in [-0.3, -0.25) is 0 Å². The molecule has 3 fully saturated rings. The number of fused-ring (bicyclic) bond motifs is 3. The number of alkyl halides is 3. The predicted octanol–water partition coefficient (Wildman–Crippen LogP) is 5.52. The minimum absolute atomic E-state index is 0.00922. The fourth-order valence-corrected chi connectivity index (χ4v) is 6.29. The molecule has 2 unspecified atom stereocenters. The van der Waals surface area contributed by atoms with Crippen LogP contribution in [0.2, 0.25) is 5.02 Å². The number of halogens is 5. The molecule has 3 aliphatic rings. The van der Waals surface area contributed by atoms with Gasteiger partial charge in [-0.2, -0.15) is 23.1 Å². The van der Waals surface area contributed by atoms with Gasteiger partial charge in [0.2, 0.25) is 0 Å². The number of likely N-dealkylation sites (N-methyl/N-ethyl adjacent to an activating group) is 1. The van der Waals surface area contributed by atoms with E-state index in [2.05, 4.69) is 25.1 Å². The minimum Gasteiger partial charge on any atom is -0.462 e. The molecule has 0 radical (unpaired) electrons. The molecule has 11 heteroatoms. The molecule has 202 valence electrons. The number of piperazine rings is 1. The van der Waals surface area contributed by atoms with E-state index in [1.54, 1.807) is 0 Å². The molecule has 38 heavy (non-hydrogen) atoms. The van der Waals surface area contributed by atoms with Crippen LogP contribution in [-0.2, 0) is 6.18 Å². The molecule has 2 bridgehead atoms. The Morgan fingerprint density at radius 3 is 2.53 bits per heavy atom. The maximum absolute atomic E-state index is 16.2. The van der Waals surface area contributed by atoms with Crippen LogP contribution in [0.15, 0.2) is 30.3 Å². The first-order valence-electron chi connectivity index (χ1n) is 12.9. The van der Waals surface area contributed by atoms with Crippen molar-refractivity contribution in [2.24, 2.45) is 0 Å². The second kappa shape index (κ2) is 9.81. The number of aromatic nitrogens is 2. The summed E-state index contributed by atoms with van der Waals surface area (Å²) in [6, 6.07) is 7.10. The van der Waals surface area contributed by atoms with Gasteiger partial charge in [0.25, 0.3) is 0 Å². The van der Waals surface area contributed by atoms with Gasteiger partial charge in [-0.05, 0) is 57.0 Å². The van der Waals surface area contributed by atoms with E-state index in [0.717, 1.165) is 38.3 Å². The Labute approximate surface area is 222 Å². The average Bonchev–Trinajstić information content (AvgIpc) is 3.45. The molecule has 3 aliphatic heterocycles. The highest BCUT2D eigenvalue weighted by atomic mass is 35.5. The molecule has 3 aromatic rings. The van der Waals surface area contributed by atoms with Crippen LogP contribution in [0, 0.1) is 5.82 Å². The van der Waals surface area contributed by atoms with Crippen molar-refractivity contribution in [2.45, 2.75) is 50.0 Å². The standard InChI is InChI=1S/C27H28ClF4N5O/c1-36-10-4-5-17(36)14-38-26-34-24-19(25(35-26)37-12-15-8-9-16(13-37)33-15)11-21(28)22(23(24)29)18-6-2-3-7-20(18)27(30,31)32/h2-3,6-7,11,15-17,33H,4-5,8-10,12-14H2,1H3/t15?,16?,17-/m0/s1. The van der Waals surface area contributed by atoms with E-state index in [9.17, 15) is 13.2 Å². The van der Waals surface area contributed by atoms with Gasteiger partial charge < -0.3 is 19.9 Å². The lowest BCUT2D eigenvalue weighted by molar-refractivity contribution is -0.137. The Morgan fingerprint density at radius 1 is 1.11 bits per heavy atom. The number of anilines is 1. The molecule has 0 aliphatic carbocycles. The first-order chi connectivity index (χ1) is 18.2. The van der Waals surface area contributed by atoms with E-state index in [1.165, 1.54) is 24.3 Å². The molecule has 6 rings (SSSR count). The van der Waals surface area contributed by atoms with Crippen LogP contribution in [0.3, 0.4) is 0 Å². The SMILES string of the molecule is CN1CCC[C@H]1COc1nc(N2CC3CCC(C2)N3)c2cc(Cl)c(-c3ccccc3C(F)(F)F)c(F)c2n1. The molecule has 1 aromatic heterocycles. The molecular weight excluding hydrogens is 522 g/mol. The molecule has 2 aromatic carbocycles. The van der Waals surface area contributed by atoms with E-state index >= 15 is 4.39 Å². The first kappa shape index (κ1) is 25.6. The summed E-state index contributed by atoms with van der Waals surface area (Å²) in [7, 11) is 2.02. The average molecular weight is 550 g/mol. The lowest BCUT2D eigenvalue weighted by Gasteiger charge is -2.34. The summed E-state index contributed by atoms with van der Waals surface area (Å²) in [5.41, 5.74) is -1.74. The van der Waals surface area contributed by atoms with E-state index < -0.39 is 17.6 Å². The van der Waals surface area contributed by atoms with Gasteiger partial charge in [-0.15, -0.1) is 0 Å². The number of hydrogen-bond donors (Lipinski definition) is 1. The summed E-state index contributed by atoms with van der Waals surface area (Å²) in [6.07, 6.45) is -0.572. The Bertz CT molecular complexity index is 1360. The van der Waals surface area contributed by atoms with Crippen molar-refractivity contribution >= 4 is 28.3 Å². The van der Waals surface area contributed by atoms with Gasteiger partial charge in [-0.25, -0.2) is 4.39 Å². The maximum atomic E-state index is 16.2. The third kappa shape index (κ3) is 4.67. The lowest BCUT2D eigenvalue weighted by atomic mass is 9.97. The zero-order valence-corrected chi connectivity index (χ0v) is 21.6. The van der Waals surface area contributed by atoms with E-state index in [4.69, 9.17) is 16.3 Å². The Hall–Kier alpha value is -2.69. The van der Waals surface area contributed by atoms with Gasteiger partial charge in [0.05, 0.1) is 10.6 Å². The fourth-order valence-electron chi connectivity index (χ4n) is 5.99. The zero-order chi connectivity index (χ0) is 26.6. The zero-order valence-electron chi connectivity index (χ0n) is 20.9. The Balaban J connectivity index is 1.49. The van der Waals surface area contributed by atoms with Crippen LogP contribution < -0.4 is 15.0 Å². The molecule has 6 nitrogen and oxygen atoms in total. The predicted molar refractivity (Wildman–Crippen MR) is 138 cm³/mol. The van der Waals surface area contributed by atoms with Gasteiger partial charge >= 0.3 is 12.2 Å². The monoisotopic (exact) mass is 549 g/mol. The van der Waals surface area contributed by atoms with Crippen molar-refractivity contribution in [2.75, 3.05) is 38.2 Å². The second-order valence-electron chi connectivity index (χ2n) is 10.4. The number of likely N-dealkylation sites (tertiary alicyclic amines) is 1. The van der Waals surface area contributed by atoms with Crippen LogP contribution >= 0.6 is 11.6 Å². The summed E-state index contributed by atoms with van der Waals surface area (Å²) in [5, 5.41) is 3.79. The molecule has 3 saturated heterocycles. The third-order valence-electron chi connectivity index (χ3n) is 7.94. The summed E-state index contributed by atoms with van der Waals surface area (Å²) < 4.78 is 63.7. The fraction of sp³-hybridized carbons (Fsp3) is 0.481. The second-order valence-corrected chi connectivity index (χ2v) is 10.9. The summed E-state index contributed by atoms with van der Waals surface area (Å²) in [6.45, 7) is 2.65. The molecule has 4 heterocycles. The van der Waals surface area contributed by atoms with Crippen molar-refractivity contribution in [3.8, 4) is 17.1 Å². The van der Waals surface area contributed by atoms with Crippen LogP contribution in [0.5, 0.6) is 6.01 Å². The topological polar surface area (TPSA) is 53.5 Å². The molecule has 0 amide bonds. The van der Waals surface area contributed by atoms with Crippen LogP contribution in [0.1, 0.15) is 31.2 Å². The molecule has 0 spiro atoms. The Kier molecular flexibility index (Phi) is 6.60. The summed E-state index contributed by atoms with van der Waals surface area (Å²) in [4.78, 5) is 13.3. The first-order valence-corrected chi connectivity index (χ1v) is 13.3. The van der Waals surface area contributed by atoms with E-state index in [-0.39, 0.29) is 45.8 Å². The van der Waals surface area contributed by atoms with Crippen molar-refractivity contribution in [3.63, 3.8) is 0 Å². The number of ether oxygens (including phenoxy) is 1. The number of benzene rings is 2. The number of hydrogen-bond acceptors (Lipinski definition) is 6. The summed E-state index contributed by atoms with van der Waals surface area (Å²) in [5.74, 6) is -0.437. The van der Waals surface area contributed by atoms with Crippen molar-refractivity contribution in [1.82, 2.24) is 20.2 Å². The number of nitrogens with one attached hydrogen (secondary N) is 1. The quantitative estimate of drug-likeness (QED) is 0.423. The lowest BCUT2D eigenvalue weighted by Crippen LogP contribution is -2.51. The third-order valence-corrected chi connectivity index (χ3v) is 8.23. The van der Waals surface area contributed by atoms with Gasteiger partial charge in [0.1, 0.15) is 17.9 Å². The van der Waals surface area contributed by atoms with Crippen LogP contribution in [0.25, 0.3) is 22.0 Å².